The second kappa shape index (κ2) is 7.96. The van der Waals surface area contributed by atoms with Crippen molar-refractivity contribution in [3.05, 3.63) is 30.0 Å². The number of hydrogen-bond acceptors (Lipinski definition) is 6. The molecule has 0 atom stereocenters. The average Bonchev–Trinajstić information content (AvgIpc) is 2.59. The zero-order valence-electron chi connectivity index (χ0n) is 16.7. The summed E-state index contributed by atoms with van der Waals surface area (Å²) < 4.78 is 44.2. The number of nitrogens with zero attached hydrogens (tertiary/aromatic N) is 3. The largest absolute Gasteiger partial charge is 0.444 e. The molecule has 0 saturated carbocycles. The number of nitrogens with one attached hydrogen (secondary N) is 2. The van der Waals surface area contributed by atoms with E-state index in [-0.39, 0.29) is 29.7 Å². The topological polar surface area (TPSA) is 96.5 Å². The number of anilines is 1. The lowest BCUT2D eigenvalue weighted by atomic mass is 10.1. The van der Waals surface area contributed by atoms with E-state index in [4.69, 9.17) is 4.74 Å². The number of carbonyl (C=O) groups excluding carboxylic acids is 2. The molecule has 1 aromatic carbocycles. The Labute approximate surface area is 170 Å². The van der Waals surface area contributed by atoms with E-state index >= 15 is 0 Å². The monoisotopic (exact) mass is 425 g/mol. The highest BCUT2D eigenvalue weighted by Crippen LogP contribution is 2.32. The van der Waals surface area contributed by atoms with Crippen molar-refractivity contribution in [1.82, 2.24) is 20.4 Å². The SMILES string of the molecule is CC(C)(C)OC(=O)N1CC(NC(=O)CNc2nncc3ccc(C(F)(F)F)cc23)C1. The van der Waals surface area contributed by atoms with E-state index in [9.17, 15) is 22.8 Å². The first-order valence-corrected chi connectivity index (χ1v) is 9.26. The molecular weight excluding hydrogens is 403 g/mol. The molecule has 1 aromatic heterocycles. The van der Waals surface area contributed by atoms with Gasteiger partial charge in [-0.05, 0) is 32.9 Å². The van der Waals surface area contributed by atoms with Crippen molar-refractivity contribution < 1.29 is 27.5 Å². The van der Waals surface area contributed by atoms with Crippen LogP contribution in [0.1, 0.15) is 26.3 Å². The first-order valence-electron chi connectivity index (χ1n) is 9.26. The van der Waals surface area contributed by atoms with Gasteiger partial charge in [-0.1, -0.05) is 6.07 Å². The minimum atomic E-state index is -4.49. The van der Waals surface area contributed by atoms with E-state index in [0.717, 1.165) is 12.1 Å². The van der Waals surface area contributed by atoms with Crippen LogP contribution in [0.15, 0.2) is 24.4 Å². The number of halogens is 3. The molecule has 0 bridgehead atoms. The van der Waals surface area contributed by atoms with Crippen LogP contribution in [0.2, 0.25) is 0 Å². The van der Waals surface area contributed by atoms with Crippen LogP contribution in [-0.2, 0) is 15.7 Å². The number of fused-ring (bicyclic) bond motifs is 1. The molecule has 1 saturated heterocycles. The van der Waals surface area contributed by atoms with Gasteiger partial charge in [0.1, 0.15) is 5.60 Å². The molecule has 1 fully saturated rings. The van der Waals surface area contributed by atoms with Crippen LogP contribution in [-0.4, -0.2) is 58.4 Å². The maximum absolute atomic E-state index is 13.0. The molecule has 2 amide bonds. The average molecular weight is 425 g/mol. The van der Waals surface area contributed by atoms with Crippen molar-refractivity contribution in [3.63, 3.8) is 0 Å². The summed E-state index contributed by atoms with van der Waals surface area (Å²) in [6.45, 7) is 5.75. The number of carbonyl (C=O) groups is 2. The fraction of sp³-hybridized carbons (Fsp3) is 0.474. The second-order valence-corrected chi connectivity index (χ2v) is 8.00. The molecule has 162 valence electrons. The Morgan fingerprint density at radius 3 is 2.57 bits per heavy atom. The second-order valence-electron chi connectivity index (χ2n) is 8.00. The first-order chi connectivity index (χ1) is 13.9. The van der Waals surface area contributed by atoms with Gasteiger partial charge in [0.05, 0.1) is 24.3 Å². The summed E-state index contributed by atoms with van der Waals surface area (Å²) in [7, 11) is 0. The Kier molecular flexibility index (Phi) is 5.73. The Morgan fingerprint density at radius 1 is 1.23 bits per heavy atom. The molecular formula is C19H22F3N5O3. The third kappa shape index (κ3) is 5.28. The maximum atomic E-state index is 13.0. The van der Waals surface area contributed by atoms with Crippen molar-refractivity contribution in [2.75, 3.05) is 25.0 Å². The minimum Gasteiger partial charge on any atom is -0.444 e. The molecule has 2 heterocycles. The predicted molar refractivity (Wildman–Crippen MR) is 103 cm³/mol. The lowest BCUT2D eigenvalue weighted by molar-refractivity contribution is -0.137. The molecule has 8 nitrogen and oxygen atoms in total. The quantitative estimate of drug-likeness (QED) is 0.782. The van der Waals surface area contributed by atoms with Gasteiger partial charge in [0.25, 0.3) is 0 Å². The van der Waals surface area contributed by atoms with Crippen molar-refractivity contribution in [1.29, 1.82) is 0 Å². The van der Waals surface area contributed by atoms with Crippen LogP contribution in [0, 0.1) is 0 Å². The fourth-order valence-corrected chi connectivity index (χ4v) is 2.87. The van der Waals surface area contributed by atoms with Crippen LogP contribution < -0.4 is 10.6 Å². The van der Waals surface area contributed by atoms with Crippen LogP contribution in [0.25, 0.3) is 10.8 Å². The van der Waals surface area contributed by atoms with Gasteiger partial charge < -0.3 is 20.3 Å². The number of benzene rings is 1. The summed E-state index contributed by atoms with van der Waals surface area (Å²) in [5.41, 5.74) is -1.41. The van der Waals surface area contributed by atoms with Gasteiger partial charge in [0.15, 0.2) is 5.82 Å². The summed E-state index contributed by atoms with van der Waals surface area (Å²) in [6, 6.07) is 3.02. The number of likely N-dealkylation sites (tertiary alicyclic amines) is 1. The number of rotatable bonds is 4. The third-order valence-corrected chi connectivity index (χ3v) is 4.31. The smallest absolute Gasteiger partial charge is 0.416 e. The molecule has 0 unspecified atom stereocenters. The van der Waals surface area contributed by atoms with Crippen LogP contribution in [0.4, 0.5) is 23.8 Å². The highest BCUT2D eigenvalue weighted by molar-refractivity contribution is 5.93. The molecule has 1 aliphatic heterocycles. The van der Waals surface area contributed by atoms with Gasteiger partial charge in [-0.25, -0.2) is 4.79 Å². The Morgan fingerprint density at radius 2 is 1.93 bits per heavy atom. The number of amides is 2. The van der Waals surface area contributed by atoms with E-state index in [2.05, 4.69) is 20.8 Å². The summed E-state index contributed by atoms with van der Waals surface area (Å²) in [5.74, 6) is -0.299. The van der Waals surface area contributed by atoms with Gasteiger partial charge in [-0.15, -0.1) is 5.10 Å². The van der Waals surface area contributed by atoms with Crippen molar-refractivity contribution in [2.24, 2.45) is 0 Å². The Hall–Kier alpha value is -3.11. The molecule has 11 heteroatoms. The number of ether oxygens (including phenoxy) is 1. The zero-order chi connectivity index (χ0) is 22.1. The lowest BCUT2D eigenvalue weighted by Crippen LogP contribution is -2.62. The molecule has 0 aliphatic carbocycles. The van der Waals surface area contributed by atoms with Crippen LogP contribution >= 0.6 is 0 Å². The zero-order valence-corrected chi connectivity index (χ0v) is 16.7. The Bertz CT molecular complexity index is 953. The molecule has 3 rings (SSSR count). The molecule has 2 aromatic rings. The lowest BCUT2D eigenvalue weighted by Gasteiger charge is -2.39. The van der Waals surface area contributed by atoms with Gasteiger partial charge in [0.2, 0.25) is 5.91 Å². The van der Waals surface area contributed by atoms with E-state index in [0.29, 0.717) is 18.5 Å². The molecule has 0 spiro atoms. The fourth-order valence-electron chi connectivity index (χ4n) is 2.87. The number of aromatic nitrogens is 2. The number of alkyl halides is 3. The van der Waals surface area contributed by atoms with Gasteiger partial charge in [-0.2, -0.15) is 18.3 Å². The molecule has 2 N–H and O–H groups in total. The van der Waals surface area contributed by atoms with E-state index in [1.807, 2.05) is 0 Å². The van der Waals surface area contributed by atoms with Gasteiger partial charge >= 0.3 is 12.3 Å². The molecule has 30 heavy (non-hydrogen) atoms. The van der Waals surface area contributed by atoms with Gasteiger partial charge in [-0.3, -0.25) is 4.79 Å². The predicted octanol–water partition coefficient (Wildman–Crippen LogP) is 2.80. The van der Waals surface area contributed by atoms with E-state index in [1.165, 1.54) is 17.2 Å². The third-order valence-electron chi connectivity index (χ3n) is 4.31. The number of hydrogen-bond donors (Lipinski definition) is 2. The Balaban J connectivity index is 1.54. The standard InChI is InChI=1S/C19H22F3N5O3/c1-18(2,3)30-17(29)27-9-13(10-27)25-15(28)8-23-16-14-6-12(19(20,21)22)5-4-11(14)7-24-26-16/h4-7,13H,8-10H2,1-3H3,(H,23,26)(H,25,28). The molecule has 1 aliphatic rings. The van der Waals surface area contributed by atoms with E-state index < -0.39 is 23.4 Å². The first kappa shape index (κ1) is 21.6. The minimum absolute atomic E-state index is 0.0812. The van der Waals surface area contributed by atoms with E-state index in [1.54, 1.807) is 20.8 Å². The maximum Gasteiger partial charge on any atom is 0.416 e. The molecule has 0 radical (unpaired) electrons. The highest BCUT2D eigenvalue weighted by atomic mass is 19.4. The van der Waals surface area contributed by atoms with Crippen molar-refractivity contribution in [2.45, 2.75) is 38.6 Å². The highest BCUT2D eigenvalue weighted by Gasteiger charge is 2.34. The summed E-state index contributed by atoms with van der Waals surface area (Å²) >= 11 is 0. The van der Waals surface area contributed by atoms with Crippen molar-refractivity contribution >= 4 is 28.6 Å². The van der Waals surface area contributed by atoms with Crippen LogP contribution in [0.3, 0.4) is 0 Å². The summed E-state index contributed by atoms with van der Waals surface area (Å²) in [6.07, 6.45) is -3.59. The normalized spacial score (nSPS) is 14.9. The van der Waals surface area contributed by atoms with Crippen LogP contribution in [0.5, 0.6) is 0 Å². The summed E-state index contributed by atoms with van der Waals surface area (Å²) in [5, 5.41) is 13.7. The van der Waals surface area contributed by atoms with Crippen molar-refractivity contribution in [3.8, 4) is 0 Å². The summed E-state index contributed by atoms with van der Waals surface area (Å²) in [4.78, 5) is 25.5. The van der Waals surface area contributed by atoms with Gasteiger partial charge in [0, 0.05) is 23.9 Å².